The van der Waals surface area contributed by atoms with Crippen molar-refractivity contribution in [3.8, 4) is 5.75 Å². The number of alkyl halides is 2. The van der Waals surface area contributed by atoms with Crippen molar-refractivity contribution in [1.82, 2.24) is 4.98 Å². The number of rotatable bonds is 3. The summed E-state index contributed by atoms with van der Waals surface area (Å²) in [5, 5.41) is 8.83. The van der Waals surface area contributed by atoms with Crippen molar-refractivity contribution in [2.75, 3.05) is 7.11 Å². The maximum atomic E-state index is 12.4. The molecule has 0 bridgehead atoms. The third-order valence-corrected chi connectivity index (χ3v) is 2.22. The molecule has 0 saturated carbocycles. The first-order valence-corrected chi connectivity index (χ1v) is 4.51. The maximum Gasteiger partial charge on any atom is 0.280 e. The van der Waals surface area contributed by atoms with Gasteiger partial charge in [-0.3, -0.25) is 0 Å². The predicted molar refractivity (Wildman–Crippen MR) is 49.4 cm³/mol. The normalized spacial score (nSPS) is 10.7. The van der Waals surface area contributed by atoms with Crippen LogP contribution in [0.2, 0.25) is 0 Å². The molecule has 1 heterocycles. The Morgan fingerprint density at radius 3 is 2.71 bits per heavy atom. The van der Waals surface area contributed by atoms with Crippen molar-refractivity contribution in [2.45, 2.75) is 13.0 Å². The third kappa shape index (κ3) is 2.19. The Balaban J connectivity index is 3.24. The van der Waals surface area contributed by atoms with Crippen molar-refractivity contribution in [3.63, 3.8) is 0 Å². The van der Waals surface area contributed by atoms with E-state index in [-0.39, 0.29) is 10.2 Å². The molecule has 0 unspecified atom stereocenters. The fraction of sp³-hybridized carbons (Fsp3) is 0.375. The average Bonchev–Trinajstić information content (AvgIpc) is 2.17. The first-order valence-electron chi connectivity index (χ1n) is 3.72. The minimum atomic E-state index is -2.71. The minimum Gasteiger partial charge on any atom is -0.494 e. The highest BCUT2D eigenvalue weighted by Crippen LogP contribution is 2.29. The van der Waals surface area contributed by atoms with Crippen LogP contribution in [0.4, 0.5) is 8.78 Å². The Bertz CT molecular complexity index is 333. The van der Waals surface area contributed by atoms with E-state index in [9.17, 15) is 8.78 Å². The first kappa shape index (κ1) is 11.3. The average molecular weight is 268 g/mol. The van der Waals surface area contributed by atoms with Crippen LogP contribution < -0.4 is 4.74 Å². The molecule has 3 nitrogen and oxygen atoms in total. The molecule has 0 aromatic carbocycles. The lowest BCUT2D eigenvalue weighted by atomic mass is 10.2. The second kappa shape index (κ2) is 4.65. The molecular formula is C8H8BrF2NO2. The molecule has 0 radical (unpaired) electrons. The third-order valence-electron chi connectivity index (χ3n) is 1.65. The Morgan fingerprint density at radius 1 is 1.64 bits per heavy atom. The van der Waals surface area contributed by atoms with Crippen LogP contribution in [-0.4, -0.2) is 17.2 Å². The summed E-state index contributed by atoms with van der Waals surface area (Å²) in [6, 6.07) is 1.33. The molecule has 1 aromatic heterocycles. The summed E-state index contributed by atoms with van der Waals surface area (Å²) in [5.41, 5.74) is -0.361. The monoisotopic (exact) mass is 267 g/mol. The Hall–Kier alpha value is -0.750. The molecule has 0 spiro atoms. The Labute approximate surface area is 87.9 Å². The van der Waals surface area contributed by atoms with Crippen LogP contribution in [0.25, 0.3) is 0 Å². The molecule has 1 rings (SSSR count). The van der Waals surface area contributed by atoms with Gasteiger partial charge in [0.15, 0.2) is 5.75 Å². The maximum absolute atomic E-state index is 12.4. The summed E-state index contributed by atoms with van der Waals surface area (Å²) < 4.78 is 29.8. The van der Waals surface area contributed by atoms with Gasteiger partial charge in [-0.1, -0.05) is 0 Å². The van der Waals surface area contributed by atoms with Gasteiger partial charge < -0.3 is 9.84 Å². The van der Waals surface area contributed by atoms with Crippen molar-refractivity contribution in [1.29, 1.82) is 0 Å². The van der Waals surface area contributed by atoms with Crippen LogP contribution in [0, 0.1) is 0 Å². The number of hydrogen-bond donors (Lipinski definition) is 1. The smallest absolute Gasteiger partial charge is 0.280 e. The lowest BCUT2D eigenvalue weighted by molar-refractivity contribution is 0.141. The number of pyridine rings is 1. The zero-order valence-corrected chi connectivity index (χ0v) is 8.88. The standard InChI is InChI=1S/C8H8BrF2NO2/c1-14-5-2-4(3-13)6(8(10)11)12-7(5)9/h2,8,13H,3H2,1H3. The fourth-order valence-corrected chi connectivity index (χ4v) is 1.45. The SMILES string of the molecule is COc1cc(CO)c(C(F)F)nc1Br. The molecular weight excluding hydrogens is 260 g/mol. The first-order chi connectivity index (χ1) is 6.60. The molecule has 0 aliphatic carbocycles. The van der Waals surface area contributed by atoms with E-state index in [2.05, 4.69) is 20.9 Å². The highest BCUT2D eigenvalue weighted by Gasteiger charge is 2.17. The lowest BCUT2D eigenvalue weighted by Gasteiger charge is -2.09. The van der Waals surface area contributed by atoms with E-state index in [1.54, 1.807) is 0 Å². The van der Waals surface area contributed by atoms with E-state index in [1.807, 2.05) is 0 Å². The van der Waals surface area contributed by atoms with Crippen LogP contribution in [0.3, 0.4) is 0 Å². The molecule has 0 amide bonds. The lowest BCUT2D eigenvalue weighted by Crippen LogP contribution is -2.01. The van der Waals surface area contributed by atoms with Crippen LogP contribution in [0.15, 0.2) is 10.7 Å². The largest absolute Gasteiger partial charge is 0.494 e. The number of methoxy groups -OCH3 is 1. The number of halogens is 3. The Kier molecular flexibility index (Phi) is 3.77. The molecule has 0 saturated heterocycles. The van der Waals surface area contributed by atoms with E-state index in [0.29, 0.717) is 5.75 Å². The summed E-state index contributed by atoms with van der Waals surface area (Å²) in [6.07, 6.45) is -2.71. The van der Waals surface area contributed by atoms with Crippen molar-refractivity contribution < 1.29 is 18.6 Å². The number of nitrogens with zero attached hydrogens (tertiary/aromatic N) is 1. The number of aliphatic hydroxyl groups excluding tert-OH is 1. The summed E-state index contributed by atoms with van der Waals surface area (Å²) in [7, 11) is 1.39. The molecule has 0 fully saturated rings. The predicted octanol–water partition coefficient (Wildman–Crippen LogP) is 2.28. The molecule has 14 heavy (non-hydrogen) atoms. The summed E-state index contributed by atoms with van der Waals surface area (Å²) >= 11 is 2.99. The second-order valence-corrected chi connectivity index (χ2v) is 3.24. The van der Waals surface area contributed by atoms with Crippen LogP contribution in [0.5, 0.6) is 5.75 Å². The summed E-state index contributed by atoms with van der Waals surface area (Å²) in [5.74, 6) is 0.318. The molecule has 1 aromatic rings. The van der Waals surface area contributed by atoms with E-state index >= 15 is 0 Å². The van der Waals surface area contributed by atoms with Gasteiger partial charge in [0, 0.05) is 5.56 Å². The quantitative estimate of drug-likeness (QED) is 0.855. The van der Waals surface area contributed by atoms with E-state index in [1.165, 1.54) is 13.2 Å². The van der Waals surface area contributed by atoms with Crippen molar-refractivity contribution in [2.24, 2.45) is 0 Å². The van der Waals surface area contributed by atoms with E-state index in [0.717, 1.165) is 0 Å². The Morgan fingerprint density at radius 2 is 2.29 bits per heavy atom. The van der Waals surface area contributed by atoms with Gasteiger partial charge >= 0.3 is 0 Å². The van der Waals surface area contributed by atoms with Gasteiger partial charge in [-0.05, 0) is 22.0 Å². The summed E-state index contributed by atoms with van der Waals surface area (Å²) in [4.78, 5) is 3.60. The second-order valence-electron chi connectivity index (χ2n) is 2.48. The van der Waals surface area contributed by atoms with Gasteiger partial charge in [-0.25, -0.2) is 13.8 Å². The summed E-state index contributed by atoms with van der Waals surface area (Å²) in [6.45, 7) is -0.490. The van der Waals surface area contributed by atoms with Crippen LogP contribution in [0.1, 0.15) is 17.7 Å². The molecule has 0 aliphatic rings. The van der Waals surface area contributed by atoms with Crippen LogP contribution in [-0.2, 0) is 6.61 Å². The number of ether oxygens (including phenoxy) is 1. The highest BCUT2D eigenvalue weighted by atomic mass is 79.9. The molecule has 0 atom stereocenters. The molecule has 0 aliphatic heterocycles. The van der Waals surface area contributed by atoms with Crippen molar-refractivity contribution in [3.05, 3.63) is 21.9 Å². The van der Waals surface area contributed by atoms with Crippen LogP contribution >= 0.6 is 15.9 Å². The topological polar surface area (TPSA) is 42.4 Å². The van der Waals surface area contributed by atoms with Gasteiger partial charge in [0.05, 0.1) is 13.7 Å². The van der Waals surface area contributed by atoms with Gasteiger partial charge in [-0.2, -0.15) is 0 Å². The van der Waals surface area contributed by atoms with Gasteiger partial charge in [0.2, 0.25) is 0 Å². The molecule has 6 heteroatoms. The number of aliphatic hydroxyl groups is 1. The fourth-order valence-electron chi connectivity index (χ4n) is 0.983. The minimum absolute atomic E-state index is 0.0695. The van der Waals surface area contributed by atoms with Gasteiger partial charge in [-0.15, -0.1) is 0 Å². The number of hydrogen-bond acceptors (Lipinski definition) is 3. The molecule has 1 N–H and O–H groups in total. The number of aromatic nitrogens is 1. The van der Waals surface area contributed by atoms with Gasteiger partial charge in [0.1, 0.15) is 10.3 Å². The van der Waals surface area contributed by atoms with E-state index in [4.69, 9.17) is 9.84 Å². The molecule has 78 valence electrons. The van der Waals surface area contributed by atoms with Crippen molar-refractivity contribution >= 4 is 15.9 Å². The van der Waals surface area contributed by atoms with E-state index < -0.39 is 18.7 Å². The zero-order valence-electron chi connectivity index (χ0n) is 7.30. The zero-order chi connectivity index (χ0) is 10.7. The highest BCUT2D eigenvalue weighted by molar-refractivity contribution is 9.10. The van der Waals surface area contributed by atoms with Gasteiger partial charge in [0.25, 0.3) is 6.43 Å².